The van der Waals surface area contributed by atoms with E-state index in [2.05, 4.69) is 0 Å². The fourth-order valence-electron chi connectivity index (χ4n) is 6.71. The standard InChI is InChI=1S/C28H36N4O9/c1-6-8-31(12(3)7-2)16-11-17(32(40)41)22(33)19-14(16)9-13-10-15-21(30(4)5)24(35)20(27(29)38)26(37)28(15,39)25(36)18(13)23(19)34/h11-13,15,21,33-34,37,39H,6-10H2,1-5H3,(H2,29,38)/t12?,13?,15?,21-,28-/m0/s1. The number of carbonyl (C=O) groups is 3. The summed E-state index contributed by atoms with van der Waals surface area (Å²) in [7, 11) is 3.05. The van der Waals surface area contributed by atoms with Gasteiger partial charge in [-0.3, -0.25) is 29.4 Å². The lowest BCUT2D eigenvalue weighted by Gasteiger charge is -2.50. The van der Waals surface area contributed by atoms with Crippen LogP contribution in [0.25, 0.3) is 5.76 Å². The van der Waals surface area contributed by atoms with Gasteiger partial charge < -0.3 is 31.1 Å². The molecule has 3 unspecified atom stereocenters. The highest BCUT2D eigenvalue weighted by Crippen LogP contribution is 2.55. The number of nitrogens with two attached hydrogens (primary N) is 1. The maximum atomic E-state index is 14.0. The van der Waals surface area contributed by atoms with Crippen molar-refractivity contribution in [2.45, 2.75) is 64.1 Å². The number of rotatable bonds is 8. The lowest BCUT2D eigenvalue weighted by Crippen LogP contribution is -2.65. The van der Waals surface area contributed by atoms with Crippen LogP contribution in [0.5, 0.6) is 5.75 Å². The van der Waals surface area contributed by atoms with E-state index in [0.717, 1.165) is 0 Å². The largest absolute Gasteiger partial charge is 0.508 e. The molecular weight excluding hydrogens is 536 g/mol. The van der Waals surface area contributed by atoms with Gasteiger partial charge in [0, 0.05) is 35.8 Å². The molecule has 0 heterocycles. The minimum atomic E-state index is -2.78. The number of fused-ring (bicyclic) bond motifs is 3. The molecular formula is C28H36N4O9. The zero-order chi connectivity index (χ0) is 30.7. The van der Waals surface area contributed by atoms with Crippen LogP contribution >= 0.6 is 0 Å². The molecule has 3 aliphatic carbocycles. The quantitative estimate of drug-likeness (QED) is 0.173. The van der Waals surface area contributed by atoms with Gasteiger partial charge in [-0.2, -0.15) is 0 Å². The molecule has 0 aliphatic heterocycles. The Kier molecular flexibility index (Phi) is 7.65. The van der Waals surface area contributed by atoms with Crippen LogP contribution in [0.3, 0.4) is 0 Å². The van der Waals surface area contributed by atoms with Crippen molar-refractivity contribution in [1.29, 1.82) is 0 Å². The maximum Gasteiger partial charge on any atom is 0.313 e. The van der Waals surface area contributed by atoms with E-state index in [1.165, 1.54) is 25.1 Å². The first-order valence-corrected chi connectivity index (χ1v) is 13.6. The van der Waals surface area contributed by atoms with E-state index >= 15 is 0 Å². The van der Waals surface area contributed by atoms with Crippen molar-refractivity contribution in [3.63, 3.8) is 0 Å². The average molecular weight is 573 g/mol. The van der Waals surface area contributed by atoms with E-state index in [-0.39, 0.29) is 30.0 Å². The lowest BCUT2D eigenvalue weighted by molar-refractivity contribution is -0.385. The molecule has 13 nitrogen and oxygen atoms in total. The normalized spacial score (nSPS) is 26.5. The van der Waals surface area contributed by atoms with E-state index in [1.807, 2.05) is 25.7 Å². The Bertz CT molecular complexity index is 1420. The predicted molar refractivity (Wildman–Crippen MR) is 148 cm³/mol. The molecule has 41 heavy (non-hydrogen) atoms. The van der Waals surface area contributed by atoms with E-state index in [9.17, 15) is 44.9 Å². The smallest absolute Gasteiger partial charge is 0.313 e. The summed E-state index contributed by atoms with van der Waals surface area (Å²) in [4.78, 5) is 54.0. The van der Waals surface area contributed by atoms with Gasteiger partial charge in [0.05, 0.1) is 16.5 Å². The number of phenolic OH excluding ortho intramolecular Hbond substituents is 1. The number of ketones is 2. The molecule has 1 fully saturated rings. The summed E-state index contributed by atoms with van der Waals surface area (Å²) < 4.78 is 0. The monoisotopic (exact) mass is 572 g/mol. The van der Waals surface area contributed by atoms with Gasteiger partial charge in [0.15, 0.2) is 11.4 Å². The number of likely N-dealkylation sites (N-methyl/N-ethyl adjacent to an activating group) is 1. The first-order chi connectivity index (χ1) is 19.1. The molecule has 1 saturated carbocycles. The van der Waals surface area contributed by atoms with Crippen molar-refractivity contribution in [2.24, 2.45) is 17.6 Å². The molecule has 222 valence electrons. The number of aliphatic hydroxyl groups excluding tert-OH is 2. The second kappa shape index (κ2) is 10.5. The number of nitro benzene ring substituents is 1. The zero-order valence-corrected chi connectivity index (χ0v) is 23.7. The molecule has 13 heteroatoms. The maximum absolute atomic E-state index is 14.0. The van der Waals surface area contributed by atoms with Crippen molar-refractivity contribution in [3.8, 4) is 5.75 Å². The van der Waals surface area contributed by atoms with E-state index < -0.39 is 74.4 Å². The first kappa shape index (κ1) is 30.0. The average Bonchev–Trinajstić information content (AvgIpc) is 2.88. The van der Waals surface area contributed by atoms with Gasteiger partial charge >= 0.3 is 5.69 Å². The number of phenols is 1. The highest BCUT2D eigenvalue weighted by Gasteiger charge is 2.64. The van der Waals surface area contributed by atoms with Crippen LogP contribution in [0, 0.1) is 22.0 Å². The molecule has 4 rings (SSSR count). The minimum Gasteiger partial charge on any atom is -0.508 e. The van der Waals surface area contributed by atoms with Gasteiger partial charge in [-0.15, -0.1) is 0 Å². The summed E-state index contributed by atoms with van der Waals surface area (Å²) >= 11 is 0. The highest BCUT2D eigenvalue weighted by molar-refractivity contribution is 6.24. The zero-order valence-electron chi connectivity index (χ0n) is 23.7. The number of benzene rings is 1. The molecule has 5 atom stereocenters. The van der Waals surface area contributed by atoms with Crippen LogP contribution in [0.15, 0.2) is 23.0 Å². The fraction of sp³-hybridized carbons (Fsp3) is 0.536. The van der Waals surface area contributed by atoms with E-state index in [0.29, 0.717) is 30.6 Å². The molecule has 3 aliphatic rings. The SMILES string of the molecule is CCCN(c1cc([N+](=O)[O-])c(O)c2c1CC1CC3[C@H](N(C)C)C(=O)C(C(N)=O)=C(O)[C@@]3(O)C(=O)C1=C2O)C(C)CC. The van der Waals surface area contributed by atoms with Gasteiger partial charge in [0.2, 0.25) is 11.5 Å². The van der Waals surface area contributed by atoms with E-state index in [1.54, 1.807) is 0 Å². The lowest BCUT2D eigenvalue weighted by atomic mass is 9.57. The number of hydrogen-bond donors (Lipinski definition) is 5. The van der Waals surface area contributed by atoms with Crippen LogP contribution in [0.2, 0.25) is 0 Å². The molecule has 1 aromatic carbocycles. The number of carbonyl (C=O) groups excluding carboxylic acids is 3. The van der Waals surface area contributed by atoms with E-state index in [4.69, 9.17) is 5.73 Å². The Morgan fingerprint density at radius 1 is 1.24 bits per heavy atom. The minimum absolute atomic E-state index is 0.0477. The summed E-state index contributed by atoms with van der Waals surface area (Å²) in [5.41, 5.74) is 1.17. The number of aliphatic hydroxyl groups is 3. The van der Waals surface area contributed by atoms with Gasteiger partial charge in [-0.05, 0) is 58.2 Å². The molecule has 0 bridgehead atoms. The number of primary amides is 1. The summed E-state index contributed by atoms with van der Waals surface area (Å²) in [6, 6.07) is 0.0152. The molecule has 1 amide bonds. The molecule has 0 spiro atoms. The number of anilines is 1. The number of nitro groups is 1. The first-order valence-electron chi connectivity index (χ1n) is 13.6. The molecule has 6 N–H and O–H groups in total. The second-order valence-corrected chi connectivity index (χ2v) is 11.3. The number of hydrogen-bond acceptors (Lipinski definition) is 11. The predicted octanol–water partition coefficient (Wildman–Crippen LogP) is 1.89. The third-order valence-corrected chi connectivity index (χ3v) is 8.77. The van der Waals surface area contributed by atoms with Crippen LogP contribution < -0.4 is 10.6 Å². The molecule has 1 aromatic rings. The Labute approximate surface area is 236 Å². The number of amides is 1. The number of aromatic hydroxyl groups is 1. The van der Waals surface area contributed by atoms with Crippen molar-refractivity contribution >= 4 is 34.6 Å². The summed E-state index contributed by atoms with van der Waals surface area (Å²) in [5, 5.41) is 57.2. The van der Waals surface area contributed by atoms with Crippen molar-refractivity contribution in [1.82, 2.24) is 4.90 Å². The highest BCUT2D eigenvalue weighted by atomic mass is 16.6. The van der Waals surface area contributed by atoms with Crippen molar-refractivity contribution < 1.29 is 39.7 Å². The topological polar surface area (TPSA) is 208 Å². The number of nitrogens with zero attached hydrogens (tertiary/aromatic N) is 3. The summed E-state index contributed by atoms with van der Waals surface area (Å²) in [5.74, 6) is -8.11. The van der Waals surface area contributed by atoms with Crippen LogP contribution in [-0.2, 0) is 20.8 Å². The van der Waals surface area contributed by atoms with Gasteiger partial charge in [-0.1, -0.05) is 13.8 Å². The molecule has 0 aromatic heterocycles. The Hall–Kier alpha value is -3.97. The third-order valence-electron chi connectivity index (χ3n) is 8.77. The summed E-state index contributed by atoms with van der Waals surface area (Å²) in [6.45, 7) is 6.40. The molecule has 0 saturated heterocycles. The molecule has 0 radical (unpaired) electrons. The Morgan fingerprint density at radius 3 is 2.39 bits per heavy atom. The van der Waals surface area contributed by atoms with Crippen molar-refractivity contribution in [3.05, 3.63) is 44.2 Å². The van der Waals surface area contributed by atoms with Crippen LogP contribution in [-0.4, -0.2) is 86.0 Å². The van der Waals surface area contributed by atoms with Crippen LogP contribution in [0.4, 0.5) is 11.4 Å². The van der Waals surface area contributed by atoms with Gasteiger partial charge in [0.25, 0.3) is 5.91 Å². The van der Waals surface area contributed by atoms with Gasteiger partial charge in [-0.25, -0.2) is 0 Å². The second-order valence-electron chi connectivity index (χ2n) is 11.3. The van der Waals surface area contributed by atoms with Crippen LogP contribution in [0.1, 0.15) is 51.2 Å². The van der Waals surface area contributed by atoms with Gasteiger partial charge in [0.1, 0.15) is 17.1 Å². The third kappa shape index (κ3) is 4.25. The Morgan fingerprint density at radius 2 is 1.88 bits per heavy atom. The van der Waals surface area contributed by atoms with Crippen molar-refractivity contribution in [2.75, 3.05) is 25.5 Å². The Balaban J connectivity index is 2.04. The summed E-state index contributed by atoms with van der Waals surface area (Å²) in [6.07, 6.45) is 1.39. The number of Topliss-reactive ketones (excluding diaryl/α,β-unsaturated/α-hetero) is 2. The fourth-order valence-corrected chi connectivity index (χ4v) is 6.71.